The first-order valence-electron chi connectivity index (χ1n) is 7.59. The maximum Gasteiger partial charge on any atom is 0.0499 e. The molecule has 0 atom stereocenters. The van der Waals surface area contributed by atoms with E-state index < -0.39 is 0 Å². The predicted molar refractivity (Wildman–Crippen MR) is 81.2 cm³/mol. The topological polar surface area (TPSA) is 27.8 Å². The van der Waals surface area contributed by atoms with Crippen molar-refractivity contribution in [3.8, 4) is 0 Å². The normalized spacial score (nSPS) is 18.2. The van der Waals surface area contributed by atoms with Crippen molar-refractivity contribution in [2.24, 2.45) is 5.41 Å². The lowest BCUT2D eigenvalue weighted by atomic mass is 9.83. The van der Waals surface area contributed by atoms with Gasteiger partial charge in [-0.1, -0.05) is 38.0 Å². The number of aromatic nitrogens is 1. The molecule has 1 fully saturated rings. The van der Waals surface area contributed by atoms with E-state index in [1.54, 1.807) is 0 Å². The Balaban J connectivity index is 1.64. The number of benzene rings is 1. The van der Waals surface area contributed by atoms with E-state index in [1.807, 2.05) is 6.20 Å². The van der Waals surface area contributed by atoms with E-state index in [9.17, 15) is 0 Å². The largest absolute Gasteiger partial charge is 0.361 e. The van der Waals surface area contributed by atoms with Crippen LogP contribution < -0.4 is 5.32 Å². The highest BCUT2D eigenvalue weighted by Gasteiger charge is 2.31. The number of H-pyrrole nitrogens is 1. The number of hydrogen-bond acceptors (Lipinski definition) is 1. The van der Waals surface area contributed by atoms with Crippen LogP contribution in [0.2, 0.25) is 0 Å². The predicted octanol–water partition coefficient (Wildman–Crippen LogP) is 4.23. The second kappa shape index (κ2) is 5.38. The van der Waals surface area contributed by atoms with Crippen LogP contribution in [0.15, 0.2) is 30.5 Å². The number of para-hydroxylation sites is 1. The molecule has 1 heterocycles. The van der Waals surface area contributed by atoms with Gasteiger partial charge >= 0.3 is 0 Å². The van der Waals surface area contributed by atoms with Gasteiger partial charge in [-0.25, -0.2) is 0 Å². The van der Waals surface area contributed by atoms with E-state index in [0.29, 0.717) is 5.41 Å². The van der Waals surface area contributed by atoms with Crippen LogP contribution in [0.25, 0.3) is 10.9 Å². The van der Waals surface area contributed by atoms with Gasteiger partial charge in [-0.3, -0.25) is 0 Å². The first-order valence-corrected chi connectivity index (χ1v) is 7.59. The Kier molecular flexibility index (Phi) is 3.61. The summed E-state index contributed by atoms with van der Waals surface area (Å²) in [4.78, 5) is 3.35. The number of hydrogen-bond donors (Lipinski definition) is 2. The minimum absolute atomic E-state index is 0.573. The Hall–Kier alpha value is -1.28. The summed E-state index contributed by atoms with van der Waals surface area (Å²) in [6, 6.07) is 8.68. The SMILES string of the molecule is CCC1(CNCc2cccc3cc[nH]c23)CCCC1. The van der Waals surface area contributed by atoms with Gasteiger partial charge < -0.3 is 10.3 Å². The third kappa shape index (κ3) is 2.55. The van der Waals surface area contributed by atoms with Crippen molar-refractivity contribution in [2.45, 2.75) is 45.6 Å². The minimum atomic E-state index is 0.573. The van der Waals surface area contributed by atoms with Gasteiger partial charge in [-0.2, -0.15) is 0 Å². The van der Waals surface area contributed by atoms with E-state index in [1.165, 1.54) is 55.1 Å². The van der Waals surface area contributed by atoms with Crippen molar-refractivity contribution >= 4 is 10.9 Å². The second-order valence-corrected chi connectivity index (χ2v) is 6.02. The van der Waals surface area contributed by atoms with Crippen molar-refractivity contribution < 1.29 is 0 Å². The highest BCUT2D eigenvalue weighted by Crippen LogP contribution is 2.40. The summed E-state index contributed by atoms with van der Waals surface area (Å²) < 4.78 is 0. The molecule has 1 aliphatic carbocycles. The van der Waals surface area contributed by atoms with Gasteiger partial charge in [0.1, 0.15) is 0 Å². The van der Waals surface area contributed by atoms with Gasteiger partial charge in [0.15, 0.2) is 0 Å². The molecule has 3 rings (SSSR count). The molecule has 1 saturated carbocycles. The van der Waals surface area contributed by atoms with Crippen molar-refractivity contribution in [1.29, 1.82) is 0 Å². The molecule has 0 saturated heterocycles. The first-order chi connectivity index (χ1) is 9.33. The third-order valence-corrected chi connectivity index (χ3v) is 4.90. The minimum Gasteiger partial charge on any atom is -0.361 e. The monoisotopic (exact) mass is 256 g/mol. The molecule has 2 heteroatoms. The van der Waals surface area contributed by atoms with Crippen LogP contribution in [0.5, 0.6) is 0 Å². The summed E-state index contributed by atoms with van der Waals surface area (Å²) in [5, 5.41) is 5.01. The molecule has 0 aliphatic heterocycles. The molecule has 2 aromatic rings. The molecule has 1 aromatic carbocycles. The van der Waals surface area contributed by atoms with Crippen molar-refractivity contribution in [2.75, 3.05) is 6.54 Å². The fourth-order valence-corrected chi connectivity index (χ4v) is 3.54. The Bertz CT molecular complexity index is 535. The van der Waals surface area contributed by atoms with Crippen LogP contribution >= 0.6 is 0 Å². The standard InChI is InChI=1S/C17H24N2/c1-2-17(9-3-4-10-17)13-18-12-15-7-5-6-14-8-11-19-16(14)15/h5-8,11,18-19H,2-4,9-10,12-13H2,1H3. The van der Waals surface area contributed by atoms with Crippen molar-refractivity contribution in [3.05, 3.63) is 36.0 Å². The van der Waals surface area contributed by atoms with Crippen molar-refractivity contribution in [1.82, 2.24) is 10.3 Å². The van der Waals surface area contributed by atoms with Crippen molar-refractivity contribution in [3.63, 3.8) is 0 Å². The molecule has 0 bridgehead atoms. The van der Waals surface area contributed by atoms with E-state index in [4.69, 9.17) is 0 Å². The summed E-state index contributed by atoms with van der Waals surface area (Å²) in [7, 11) is 0. The summed E-state index contributed by atoms with van der Waals surface area (Å²) in [6.45, 7) is 4.49. The Morgan fingerprint density at radius 2 is 2.05 bits per heavy atom. The number of nitrogens with one attached hydrogen (secondary N) is 2. The quantitative estimate of drug-likeness (QED) is 0.823. The lowest BCUT2D eigenvalue weighted by Crippen LogP contribution is -2.31. The van der Waals surface area contributed by atoms with E-state index in [-0.39, 0.29) is 0 Å². The lowest BCUT2D eigenvalue weighted by Gasteiger charge is -2.27. The molecular weight excluding hydrogens is 232 g/mol. The zero-order valence-electron chi connectivity index (χ0n) is 11.8. The Morgan fingerprint density at radius 3 is 2.84 bits per heavy atom. The van der Waals surface area contributed by atoms with Gasteiger partial charge in [0.05, 0.1) is 0 Å². The third-order valence-electron chi connectivity index (χ3n) is 4.90. The molecule has 19 heavy (non-hydrogen) atoms. The molecule has 102 valence electrons. The highest BCUT2D eigenvalue weighted by molar-refractivity contribution is 5.82. The molecule has 0 radical (unpaired) electrons. The van der Waals surface area contributed by atoms with Crippen LogP contribution in [0.3, 0.4) is 0 Å². The summed E-state index contributed by atoms with van der Waals surface area (Å²) in [5.74, 6) is 0. The summed E-state index contributed by atoms with van der Waals surface area (Å²) in [6.07, 6.45) is 8.99. The van der Waals surface area contributed by atoms with E-state index in [0.717, 1.165) is 6.54 Å². The van der Waals surface area contributed by atoms with Gasteiger partial charge in [0.25, 0.3) is 0 Å². The molecule has 2 nitrogen and oxygen atoms in total. The molecular formula is C17H24N2. The fraction of sp³-hybridized carbons (Fsp3) is 0.529. The zero-order chi connectivity index (χ0) is 13.1. The molecule has 2 N–H and O–H groups in total. The molecule has 0 spiro atoms. The molecule has 0 unspecified atom stereocenters. The highest BCUT2D eigenvalue weighted by atomic mass is 14.9. The summed E-state index contributed by atoms with van der Waals surface area (Å²) in [5.41, 5.74) is 3.24. The maximum absolute atomic E-state index is 3.70. The molecule has 1 aromatic heterocycles. The van der Waals surface area contributed by atoms with Gasteiger partial charge in [0, 0.05) is 24.8 Å². The number of aromatic amines is 1. The average Bonchev–Trinajstić information content (AvgIpc) is 3.08. The first kappa shape index (κ1) is 12.7. The maximum atomic E-state index is 3.70. The molecule has 1 aliphatic rings. The van der Waals surface area contributed by atoms with E-state index in [2.05, 4.69) is 41.5 Å². The molecule has 0 amide bonds. The van der Waals surface area contributed by atoms with Crippen LogP contribution in [0.4, 0.5) is 0 Å². The zero-order valence-corrected chi connectivity index (χ0v) is 11.8. The Morgan fingerprint density at radius 1 is 1.21 bits per heavy atom. The van der Waals surface area contributed by atoms with Crippen LogP contribution in [-0.4, -0.2) is 11.5 Å². The van der Waals surface area contributed by atoms with Gasteiger partial charge in [-0.15, -0.1) is 0 Å². The number of fused-ring (bicyclic) bond motifs is 1. The van der Waals surface area contributed by atoms with Crippen LogP contribution in [-0.2, 0) is 6.54 Å². The van der Waals surface area contributed by atoms with E-state index >= 15 is 0 Å². The summed E-state index contributed by atoms with van der Waals surface area (Å²) >= 11 is 0. The fourth-order valence-electron chi connectivity index (χ4n) is 3.54. The van der Waals surface area contributed by atoms with Crippen LogP contribution in [0, 0.1) is 5.41 Å². The smallest absolute Gasteiger partial charge is 0.0499 e. The second-order valence-electron chi connectivity index (χ2n) is 6.02. The average molecular weight is 256 g/mol. The number of rotatable bonds is 5. The van der Waals surface area contributed by atoms with Crippen LogP contribution in [0.1, 0.15) is 44.6 Å². The Labute approximate surface area is 115 Å². The lowest BCUT2D eigenvalue weighted by molar-refractivity contribution is 0.268. The van der Waals surface area contributed by atoms with Gasteiger partial charge in [-0.05, 0) is 41.7 Å². The van der Waals surface area contributed by atoms with Gasteiger partial charge in [0.2, 0.25) is 0 Å².